The van der Waals surface area contributed by atoms with Gasteiger partial charge in [-0.05, 0) is 61.9 Å². The van der Waals surface area contributed by atoms with Crippen LogP contribution in [-0.2, 0) is 6.54 Å². The van der Waals surface area contributed by atoms with E-state index in [0.717, 1.165) is 41.5 Å². The number of likely N-dealkylation sites (tertiary alicyclic amines) is 1. The Morgan fingerprint density at radius 1 is 1.25 bits per heavy atom. The number of halogens is 1. The number of aromatic amines is 1. The van der Waals surface area contributed by atoms with E-state index in [1.165, 1.54) is 6.07 Å². The van der Waals surface area contributed by atoms with E-state index in [0.29, 0.717) is 35.5 Å². The number of methoxy groups -OCH3 is 1. The van der Waals surface area contributed by atoms with Gasteiger partial charge in [-0.1, -0.05) is 18.2 Å². The smallest absolute Gasteiger partial charge is 0.251 e. The molecule has 5 rings (SSSR count). The highest BCUT2D eigenvalue weighted by Crippen LogP contribution is 2.28. The molecule has 0 bridgehead atoms. The van der Waals surface area contributed by atoms with Gasteiger partial charge in [0.1, 0.15) is 11.6 Å². The van der Waals surface area contributed by atoms with E-state index >= 15 is 0 Å². The third kappa shape index (κ3) is 4.79. The molecule has 0 aliphatic carbocycles. The standard InChI is InChI=1S/C28H26FN5O2/c1-36-26-6-2-5-24(29)23(26)17-34-13-3-4-21(16-34)31-28(35)20-11-12-25-22(14-20)27(33-32-25)19-9-7-18(15-30)8-10-19/h2,5-12,14,21H,3-4,13,16-17H2,1H3,(H,31,35)(H,32,33). The molecule has 8 heteroatoms. The summed E-state index contributed by atoms with van der Waals surface area (Å²) in [6, 6.07) is 19.6. The monoisotopic (exact) mass is 483 g/mol. The molecule has 2 heterocycles. The quantitative estimate of drug-likeness (QED) is 0.417. The first-order valence-electron chi connectivity index (χ1n) is 11.9. The van der Waals surface area contributed by atoms with E-state index in [9.17, 15) is 9.18 Å². The van der Waals surface area contributed by atoms with Crippen LogP contribution in [-0.4, -0.2) is 47.2 Å². The van der Waals surface area contributed by atoms with Gasteiger partial charge in [-0.2, -0.15) is 10.4 Å². The van der Waals surface area contributed by atoms with Crippen LogP contribution >= 0.6 is 0 Å². The molecule has 2 N–H and O–H groups in total. The van der Waals surface area contributed by atoms with Crippen molar-refractivity contribution in [2.24, 2.45) is 0 Å². The second-order valence-electron chi connectivity index (χ2n) is 8.99. The Hall–Kier alpha value is -4.22. The number of carbonyl (C=O) groups excluding carboxylic acids is 1. The molecule has 1 unspecified atom stereocenters. The van der Waals surface area contributed by atoms with Gasteiger partial charge in [0.2, 0.25) is 0 Å². The second kappa shape index (κ2) is 10.2. The summed E-state index contributed by atoms with van der Waals surface area (Å²) in [5.41, 5.74) is 4.08. The number of benzene rings is 3. The molecule has 0 spiro atoms. The van der Waals surface area contributed by atoms with Gasteiger partial charge in [-0.25, -0.2) is 4.39 Å². The van der Waals surface area contributed by atoms with Gasteiger partial charge in [0.05, 0.1) is 30.0 Å². The van der Waals surface area contributed by atoms with Crippen molar-refractivity contribution in [3.05, 3.63) is 83.2 Å². The van der Waals surface area contributed by atoms with E-state index in [2.05, 4.69) is 26.5 Å². The van der Waals surface area contributed by atoms with Crippen LogP contribution in [0.1, 0.15) is 34.3 Å². The first-order chi connectivity index (χ1) is 17.6. The molecule has 0 saturated carbocycles. The Balaban J connectivity index is 1.30. The van der Waals surface area contributed by atoms with Crippen molar-refractivity contribution in [3.63, 3.8) is 0 Å². The number of nitriles is 1. The molecule has 1 aliphatic rings. The van der Waals surface area contributed by atoms with Gasteiger partial charge >= 0.3 is 0 Å². The lowest BCUT2D eigenvalue weighted by Crippen LogP contribution is -2.47. The van der Waals surface area contributed by atoms with Crippen LogP contribution in [0.4, 0.5) is 4.39 Å². The maximum atomic E-state index is 14.4. The van der Waals surface area contributed by atoms with E-state index in [1.54, 1.807) is 37.4 Å². The number of ether oxygens (including phenoxy) is 1. The lowest BCUT2D eigenvalue weighted by Gasteiger charge is -2.33. The normalized spacial score (nSPS) is 16.0. The minimum atomic E-state index is -0.285. The van der Waals surface area contributed by atoms with E-state index in [-0.39, 0.29) is 17.8 Å². The molecule has 1 saturated heterocycles. The number of H-pyrrole nitrogens is 1. The summed E-state index contributed by atoms with van der Waals surface area (Å²) in [7, 11) is 1.54. The average Bonchev–Trinajstić information content (AvgIpc) is 3.33. The van der Waals surface area contributed by atoms with Crippen molar-refractivity contribution < 1.29 is 13.9 Å². The maximum Gasteiger partial charge on any atom is 0.251 e. The third-order valence-electron chi connectivity index (χ3n) is 6.63. The highest BCUT2D eigenvalue weighted by molar-refractivity contribution is 6.01. The van der Waals surface area contributed by atoms with Crippen molar-refractivity contribution >= 4 is 16.8 Å². The molecule has 0 radical (unpaired) electrons. The fraction of sp³-hybridized carbons (Fsp3) is 0.250. The molecule has 7 nitrogen and oxygen atoms in total. The van der Waals surface area contributed by atoms with Crippen LogP contribution in [0.25, 0.3) is 22.2 Å². The number of hydrogen-bond acceptors (Lipinski definition) is 5. The van der Waals surface area contributed by atoms with Crippen molar-refractivity contribution in [2.45, 2.75) is 25.4 Å². The Bertz CT molecular complexity index is 1440. The number of carbonyl (C=O) groups is 1. The van der Waals surface area contributed by atoms with Crippen molar-refractivity contribution in [2.75, 3.05) is 20.2 Å². The van der Waals surface area contributed by atoms with Crippen molar-refractivity contribution in [1.29, 1.82) is 5.26 Å². The zero-order chi connectivity index (χ0) is 25.1. The number of piperidine rings is 1. The Morgan fingerprint density at radius 3 is 2.86 bits per heavy atom. The van der Waals surface area contributed by atoms with Crippen molar-refractivity contribution in [3.8, 4) is 23.1 Å². The third-order valence-corrected chi connectivity index (χ3v) is 6.63. The number of nitrogens with zero attached hydrogens (tertiary/aromatic N) is 3. The van der Waals surface area contributed by atoms with Crippen LogP contribution in [0.15, 0.2) is 60.7 Å². The predicted octanol–water partition coefficient (Wildman–Crippen LogP) is 4.64. The van der Waals surface area contributed by atoms with Crippen molar-refractivity contribution in [1.82, 2.24) is 20.4 Å². The summed E-state index contributed by atoms with van der Waals surface area (Å²) in [6.07, 6.45) is 1.77. The zero-order valence-electron chi connectivity index (χ0n) is 19.9. The number of hydrogen-bond donors (Lipinski definition) is 2. The molecule has 182 valence electrons. The molecule has 1 aliphatic heterocycles. The Kier molecular flexibility index (Phi) is 6.65. The molecule has 1 amide bonds. The topological polar surface area (TPSA) is 94.0 Å². The van der Waals surface area contributed by atoms with Crippen LogP contribution in [0.2, 0.25) is 0 Å². The highest BCUT2D eigenvalue weighted by atomic mass is 19.1. The summed E-state index contributed by atoms with van der Waals surface area (Å²) in [5, 5.41) is 20.5. The van der Waals surface area contributed by atoms with Crippen LogP contribution in [0.3, 0.4) is 0 Å². The molecule has 1 fully saturated rings. The largest absolute Gasteiger partial charge is 0.496 e. The van der Waals surface area contributed by atoms with Crippen LogP contribution in [0.5, 0.6) is 5.75 Å². The lowest BCUT2D eigenvalue weighted by molar-refractivity contribution is 0.0899. The lowest BCUT2D eigenvalue weighted by atomic mass is 10.0. The maximum absolute atomic E-state index is 14.4. The number of amides is 1. The number of fused-ring (bicyclic) bond motifs is 1. The second-order valence-corrected chi connectivity index (χ2v) is 8.99. The van der Waals surface area contributed by atoms with Gasteiger partial charge < -0.3 is 10.1 Å². The first kappa shape index (κ1) is 23.5. The number of aromatic nitrogens is 2. The summed E-state index contributed by atoms with van der Waals surface area (Å²) in [6.45, 7) is 1.89. The molecular weight excluding hydrogens is 457 g/mol. The SMILES string of the molecule is COc1cccc(F)c1CN1CCCC(NC(=O)c2ccc3[nH]nc(-c4ccc(C#N)cc4)c3c2)C1. The van der Waals surface area contributed by atoms with Gasteiger partial charge in [0.15, 0.2) is 0 Å². The van der Waals surface area contributed by atoms with Gasteiger partial charge in [-0.15, -0.1) is 0 Å². The fourth-order valence-corrected chi connectivity index (χ4v) is 4.77. The molecule has 1 aromatic heterocycles. The van der Waals surface area contributed by atoms with E-state index in [4.69, 9.17) is 10.00 Å². The summed E-state index contributed by atoms with van der Waals surface area (Å²) in [4.78, 5) is 15.3. The highest BCUT2D eigenvalue weighted by Gasteiger charge is 2.24. The minimum Gasteiger partial charge on any atom is -0.496 e. The zero-order valence-corrected chi connectivity index (χ0v) is 19.9. The Labute approximate surface area is 208 Å². The Morgan fingerprint density at radius 2 is 2.08 bits per heavy atom. The fourth-order valence-electron chi connectivity index (χ4n) is 4.77. The van der Waals surface area contributed by atoms with Crippen LogP contribution in [0, 0.1) is 17.1 Å². The van der Waals surface area contributed by atoms with Gasteiger partial charge in [-0.3, -0.25) is 14.8 Å². The number of rotatable bonds is 6. The number of nitrogens with one attached hydrogen (secondary N) is 2. The summed E-state index contributed by atoms with van der Waals surface area (Å²) < 4.78 is 19.8. The van der Waals surface area contributed by atoms with Crippen LogP contribution < -0.4 is 10.1 Å². The minimum absolute atomic E-state index is 0.0398. The molecular formula is C28H26FN5O2. The van der Waals surface area contributed by atoms with E-state index < -0.39 is 0 Å². The molecule has 1 atom stereocenters. The van der Waals surface area contributed by atoms with E-state index in [1.807, 2.05) is 24.3 Å². The first-order valence-corrected chi connectivity index (χ1v) is 11.9. The molecule has 3 aromatic carbocycles. The van der Waals surface area contributed by atoms with Gasteiger partial charge in [0, 0.05) is 41.2 Å². The summed E-state index contributed by atoms with van der Waals surface area (Å²) in [5.74, 6) is 0.0961. The summed E-state index contributed by atoms with van der Waals surface area (Å²) >= 11 is 0. The predicted molar refractivity (Wildman–Crippen MR) is 135 cm³/mol. The molecule has 36 heavy (non-hydrogen) atoms. The molecule has 4 aromatic rings. The van der Waals surface area contributed by atoms with Gasteiger partial charge in [0.25, 0.3) is 5.91 Å². The average molecular weight is 484 g/mol.